The fourth-order valence-corrected chi connectivity index (χ4v) is 1.95. The van der Waals surface area contributed by atoms with E-state index in [1.54, 1.807) is 0 Å². The van der Waals surface area contributed by atoms with Crippen molar-refractivity contribution in [2.24, 2.45) is 4.99 Å². The Morgan fingerprint density at radius 3 is 2.90 bits per heavy atom. The Bertz CT molecular complexity index is 122. The van der Waals surface area contributed by atoms with E-state index in [9.17, 15) is 0 Å². The van der Waals surface area contributed by atoms with Crippen LogP contribution in [-0.2, 0) is 0 Å². The van der Waals surface area contributed by atoms with Crippen molar-refractivity contribution < 1.29 is 0 Å². The lowest BCUT2D eigenvalue weighted by Gasteiger charge is -2.10. The Balaban J connectivity index is 2.20. The molecule has 0 aromatic rings. The Morgan fingerprint density at radius 2 is 2.40 bits per heavy atom. The van der Waals surface area contributed by atoms with Crippen LogP contribution in [0.2, 0.25) is 0 Å². The molecular weight excluding hydrogens is 142 g/mol. The maximum atomic E-state index is 4.39. The molecule has 2 atom stereocenters. The van der Waals surface area contributed by atoms with E-state index in [1.165, 1.54) is 19.3 Å². The van der Waals surface area contributed by atoms with E-state index in [4.69, 9.17) is 0 Å². The monoisotopic (exact) mass is 157 g/mol. The maximum Gasteiger partial charge on any atom is 0.0625 e. The highest BCUT2D eigenvalue weighted by Crippen LogP contribution is 2.24. The second kappa shape index (κ2) is 4.02. The third-order valence-electron chi connectivity index (χ3n) is 1.92. The summed E-state index contributed by atoms with van der Waals surface area (Å²) in [6.45, 7) is 4.49. The normalized spacial score (nSPS) is 31.4. The molecule has 0 saturated heterocycles. The molecule has 1 rings (SSSR count). The number of rotatable bonds is 3. The largest absolute Gasteiger partial charge is 0.282 e. The van der Waals surface area contributed by atoms with Crippen LogP contribution in [0.4, 0.5) is 0 Å². The van der Waals surface area contributed by atoms with Gasteiger partial charge in [0.05, 0.1) is 11.6 Å². The lowest BCUT2D eigenvalue weighted by atomic mass is 10.1. The van der Waals surface area contributed by atoms with Crippen LogP contribution in [-0.4, -0.2) is 16.8 Å². The molecule has 0 aromatic heterocycles. The topological polar surface area (TPSA) is 12.4 Å². The van der Waals surface area contributed by atoms with Crippen LogP contribution in [0, 0.1) is 0 Å². The first-order chi connectivity index (χ1) is 4.84. The third-order valence-corrected chi connectivity index (χ3v) is 2.91. The average Bonchev–Trinajstić information content (AvgIpc) is 2.31. The molecule has 0 fully saturated rings. The van der Waals surface area contributed by atoms with Gasteiger partial charge in [-0.15, -0.1) is 11.8 Å². The minimum atomic E-state index is 0.616. The molecule has 0 spiro atoms. The van der Waals surface area contributed by atoms with E-state index in [0.29, 0.717) is 6.04 Å². The van der Waals surface area contributed by atoms with Gasteiger partial charge in [-0.25, -0.2) is 0 Å². The van der Waals surface area contributed by atoms with Gasteiger partial charge in [0.25, 0.3) is 0 Å². The van der Waals surface area contributed by atoms with Crippen molar-refractivity contribution in [2.75, 3.05) is 0 Å². The number of hydrogen-bond acceptors (Lipinski definition) is 2. The first-order valence-corrected chi connectivity index (χ1v) is 4.96. The second-order valence-electron chi connectivity index (χ2n) is 2.81. The van der Waals surface area contributed by atoms with E-state index < -0.39 is 0 Å². The SMILES string of the molecule is CCCCC1N=CSC1C. The fraction of sp³-hybridized carbons (Fsp3) is 0.875. The molecule has 2 unspecified atom stereocenters. The van der Waals surface area contributed by atoms with Gasteiger partial charge in [0.1, 0.15) is 0 Å². The average molecular weight is 157 g/mol. The summed E-state index contributed by atoms with van der Waals surface area (Å²) >= 11 is 1.86. The van der Waals surface area contributed by atoms with Crippen LogP contribution in [0.5, 0.6) is 0 Å². The van der Waals surface area contributed by atoms with Crippen LogP contribution < -0.4 is 0 Å². The highest BCUT2D eigenvalue weighted by molar-refractivity contribution is 8.12. The highest BCUT2D eigenvalue weighted by Gasteiger charge is 2.18. The first kappa shape index (κ1) is 8.12. The number of nitrogens with zero attached hydrogens (tertiary/aromatic N) is 1. The molecule has 0 aliphatic carbocycles. The predicted molar refractivity (Wildman–Crippen MR) is 48.9 cm³/mol. The van der Waals surface area contributed by atoms with E-state index in [-0.39, 0.29) is 0 Å². The van der Waals surface area contributed by atoms with Crippen LogP contribution in [0.1, 0.15) is 33.1 Å². The lowest BCUT2D eigenvalue weighted by Crippen LogP contribution is -2.12. The summed E-state index contributed by atoms with van der Waals surface area (Å²) in [6.07, 6.45) is 3.90. The minimum absolute atomic E-state index is 0.616. The van der Waals surface area contributed by atoms with Gasteiger partial charge in [-0.1, -0.05) is 26.7 Å². The zero-order chi connectivity index (χ0) is 7.40. The Kier molecular flexibility index (Phi) is 3.26. The molecule has 0 radical (unpaired) electrons. The standard InChI is InChI=1S/C8H15NS/c1-3-4-5-8-7(2)10-6-9-8/h6-8H,3-5H2,1-2H3. The lowest BCUT2D eigenvalue weighted by molar-refractivity contribution is 0.583. The van der Waals surface area contributed by atoms with Gasteiger partial charge in [0.15, 0.2) is 0 Å². The smallest absolute Gasteiger partial charge is 0.0625 e. The molecule has 0 amide bonds. The molecule has 1 aliphatic heterocycles. The van der Waals surface area contributed by atoms with Crippen LogP contribution >= 0.6 is 11.8 Å². The van der Waals surface area contributed by atoms with E-state index in [2.05, 4.69) is 18.8 Å². The maximum absolute atomic E-state index is 4.39. The Morgan fingerprint density at radius 1 is 1.60 bits per heavy atom. The molecule has 0 saturated carbocycles. The number of aliphatic imine (C=N–C) groups is 1. The van der Waals surface area contributed by atoms with Crippen molar-refractivity contribution in [3.8, 4) is 0 Å². The second-order valence-corrected chi connectivity index (χ2v) is 4.03. The molecule has 1 heterocycles. The van der Waals surface area contributed by atoms with Gasteiger partial charge in [0.2, 0.25) is 0 Å². The van der Waals surface area contributed by atoms with Crippen molar-refractivity contribution in [1.82, 2.24) is 0 Å². The number of thioether (sulfide) groups is 1. The third kappa shape index (κ3) is 2.01. The number of unbranched alkanes of at least 4 members (excludes halogenated alkanes) is 1. The van der Waals surface area contributed by atoms with Crippen molar-refractivity contribution in [1.29, 1.82) is 0 Å². The van der Waals surface area contributed by atoms with Gasteiger partial charge >= 0.3 is 0 Å². The minimum Gasteiger partial charge on any atom is -0.282 e. The molecule has 1 aliphatic rings. The van der Waals surface area contributed by atoms with Crippen molar-refractivity contribution in [2.45, 2.75) is 44.4 Å². The molecule has 0 N–H and O–H groups in total. The summed E-state index contributed by atoms with van der Waals surface area (Å²) in [6, 6.07) is 0.616. The highest BCUT2D eigenvalue weighted by atomic mass is 32.2. The predicted octanol–water partition coefficient (Wildman–Crippen LogP) is 2.71. The van der Waals surface area contributed by atoms with Gasteiger partial charge in [0, 0.05) is 5.25 Å². The molecule has 2 heteroatoms. The zero-order valence-electron chi connectivity index (χ0n) is 6.71. The molecular formula is C8H15NS. The summed E-state index contributed by atoms with van der Waals surface area (Å²) in [5.74, 6) is 0. The Hall–Kier alpha value is 0.0200. The van der Waals surface area contributed by atoms with Crippen LogP contribution in [0.15, 0.2) is 4.99 Å². The zero-order valence-corrected chi connectivity index (χ0v) is 7.53. The van der Waals surface area contributed by atoms with Gasteiger partial charge in [-0.05, 0) is 6.42 Å². The molecule has 0 bridgehead atoms. The van der Waals surface area contributed by atoms with Crippen LogP contribution in [0.3, 0.4) is 0 Å². The van der Waals surface area contributed by atoms with Gasteiger partial charge in [-0.2, -0.15) is 0 Å². The van der Waals surface area contributed by atoms with Crippen LogP contribution in [0.25, 0.3) is 0 Å². The first-order valence-electron chi connectivity index (χ1n) is 4.01. The van der Waals surface area contributed by atoms with E-state index >= 15 is 0 Å². The van der Waals surface area contributed by atoms with Gasteiger partial charge < -0.3 is 0 Å². The van der Waals surface area contributed by atoms with Gasteiger partial charge in [-0.3, -0.25) is 4.99 Å². The van der Waals surface area contributed by atoms with E-state index in [1.807, 2.05) is 17.3 Å². The molecule has 58 valence electrons. The summed E-state index contributed by atoms with van der Waals surface area (Å²) in [7, 11) is 0. The summed E-state index contributed by atoms with van der Waals surface area (Å²) in [4.78, 5) is 4.39. The summed E-state index contributed by atoms with van der Waals surface area (Å²) in [5, 5.41) is 0.728. The van der Waals surface area contributed by atoms with Crippen molar-refractivity contribution >= 4 is 17.3 Å². The summed E-state index contributed by atoms with van der Waals surface area (Å²) in [5.41, 5.74) is 2.00. The summed E-state index contributed by atoms with van der Waals surface area (Å²) < 4.78 is 0. The fourth-order valence-electron chi connectivity index (χ4n) is 1.14. The molecule has 0 aromatic carbocycles. The van der Waals surface area contributed by atoms with E-state index in [0.717, 1.165) is 5.25 Å². The van der Waals surface area contributed by atoms with Crippen molar-refractivity contribution in [3.05, 3.63) is 0 Å². The Labute approximate surface area is 67.3 Å². The molecule has 10 heavy (non-hydrogen) atoms. The quantitative estimate of drug-likeness (QED) is 0.613. The molecule has 1 nitrogen and oxygen atoms in total. The number of hydrogen-bond donors (Lipinski definition) is 0. The van der Waals surface area contributed by atoms with Crippen molar-refractivity contribution in [3.63, 3.8) is 0 Å².